The highest BCUT2D eigenvalue weighted by Gasteiger charge is 2.28. The number of hydrogen-bond donors (Lipinski definition) is 2. The van der Waals surface area contributed by atoms with Crippen molar-refractivity contribution in [2.75, 3.05) is 13.7 Å². The highest BCUT2D eigenvalue weighted by molar-refractivity contribution is 14.0. The van der Waals surface area contributed by atoms with Crippen LogP contribution in [-0.2, 0) is 20.1 Å². The number of nitrogens with zero attached hydrogens (tertiary/aromatic N) is 3. The highest BCUT2D eigenvalue weighted by Crippen LogP contribution is 2.18. The van der Waals surface area contributed by atoms with Gasteiger partial charge in [0.25, 0.3) is 0 Å². The Labute approximate surface area is 166 Å². The summed E-state index contributed by atoms with van der Waals surface area (Å²) in [7, 11) is 3.51. The van der Waals surface area contributed by atoms with Crippen molar-refractivity contribution in [3.63, 3.8) is 0 Å². The van der Waals surface area contributed by atoms with E-state index in [1.165, 1.54) is 12.1 Å². The molecule has 144 valence electrons. The number of aliphatic imine (C=N–C) groups is 1. The molecule has 2 aromatic rings. The van der Waals surface area contributed by atoms with Crippen LogP contribution in [0.15, 0.2) is 41.7 Å². The fourth-order valence-electron chi connectivity index (χ4n) is 2.02. The van der Waals surface area contributed by atoms with Crippen molar-refractivity contribution in [1.82, 2.24) is 20.4 Å². The third-order valence-corrected chi connectivity index (χ3v) is 3.23. The minimum absolute atomic E-state index is 0. The summed E-state index contributed by atoms with van der Waals surface area (Å²) in [6, 6.07) is 6.42. The van der Waals surface area contributed by atoms with Crippen LogP contribution in [0.25, 0.3) is 0 Å². The van der Waals surface area contributed by atoms with E-state index in [2.05, 4.69) is 25.5 Å². The molecule has 1 heterocycles. The number of hydrogen-bond acceptors (Lipinski definition) is 3. The lowest BCUT2D eigenvalue weighted by Gasteiger charge is -2.12. The van der Waals surface area contributed by atoms with Gasteiger partial charge in [0.2, 0.25) is 0 Å². The minimum atomic E-state index is -4.34. The predicted octanol–water partition coefficient (Wildman–Crippen LogP) is 2.84. The first-order valence-electron chi connectivity index (χ1n) is 7.56. The Morgan fingerprint density at radius 3 is 2.27 bits per heavy atom. The molecule has 10 heteroatoms. The van der Waals surface area contributed by atoms with E-state index in [4.69, 9.17) is 0 Å². The van der Waals surface area contributed by atoms with Crippen LogP contribution in [0, 0.1) is 0 Å². The van der Waals surface area contributed by atoms with Gasteiger partial charge in [-0.05, 0) is 17.7 Å². The van der Waals surface area contributed by atoms with Crippen molar-refractivity contribution in [1.29, 1.82) is 0 Å². The Balaban J connectivity index is 0.00000338. The molecule has 2 rings (SSSR count). The molecule has 1 aromatic carbocycles. The van der Waals surface area contributed by atoms with Crippen molar-refractivity contribution >= 4 is 29.9 Å². The zero-order chi connectivity index (χ0) is 18.3. The Hall–Kier alpha value is -1.98. The quantitative estimate of drug-likeness (QED) is 0.377. The number of nitrogens with one attached hydrogen (secondary N) is 2. The summed E-state index contributed by atoms with van der Waals surface area (Å²) in [6.45, 7) is -0.237. The van der Waals surface area contributed by atoms with Gasteiger partial charge in [0.05, 0.1) is 6.20 Å². The van der Waals surface area contributed by atoms with Gasteiger partial charge in [0, 0.05) is 38.9 Å². The maximum absolute atomic E-state index is 12.1. The number of guanidine groups is 1. The first kappa shape index (κ1) is 22.1. The van der Waals surface area contributed by atoms with Crippen molar-refractivity contribution in [2.24, 2.45) is 12.0 Å². The van der Waals surface area contributed by atoms with Gasteiger partial charge in [-0.2, -0.15) is 18.3 Å². The van der Waals surface area contributed by atoms with E-state index in [0.717, 1.165) is 11.1 Å². The fraction of sp³-hybridized carbons (Fsp3) is 0.375. The molecule has 0 radical (unpaired) electrons. The van der Waals surface area contributed by atoms with E-state index < -0.39 is 12.8 Å². The zero-order valence-electron chi connectivity index (χ0n) is 14.4. The van der Waals surface area contributed by atoms with Crippen LogP contribution in [0.3, 0.4) is 0 Å². The standard InChI is InChI=1S/C16H20F3N5O.HI/c1-20-15(22-8-13-9-23-24(2)10-13)21-7-12-3-5-14(6-4-12)25-11-16(17,18)19;/h3-6,9-10H,7-8,11H2,1-2H3,(H2,20,21,22);1H. The molecule has 0 unspecified atom stereocenters. The molecule has 0 fully saturated rings. The average Bonchev–Trinajstić information content (AvgIpc) is 2.99. The third-order valence-electron chi connectivity index (χ3n) is 3.23. The summed E-state index contributed by atoms with van der Waals surface area (Å²) in [5.41, 5.74) is 1.92. The Morgan fingerprint density at radius 2 is 1.77 bits per heavy atom. The normalized spacial score (nSPS) is 11.7. The summed E-state index contributed by atoms with van der Waals surface area (Å²) in [4.78, 5) is 4.12. The second-order valence-corrected chi connectivity index (χ2v) is 5.35. The summed E-state index contributed by atoms with van der Waals surface area (Å²) in [5.74, 6) is 0.793. The second-order valence-electron chi connectivity index (χ2n) is 5.35. The molecule has 0 bridgehead atoms. The van der Waals surface area contributed by atoms with Crippen LogP contribution in [0.4, 0.5) is 13.2 Å². The molecule has 0 saturated carbocycles. The monoisotopic (exact) mass is 483 g/mol. The zero-order valence-corrected chi connectivity index (χ0v) is 16.7. The van der Waals surface area contributed by atoms with E-state index >= 15 is 0 Å². The van der Waals surface area contributed by atoms with Crippen LogP contribution in [-0.4, -0.2) is 35.6 Å². The molecular weight excluding hydrogens is 462 g/mol. The number of aromatic nitrogens is 2. The number of benzene rings is 1. The Bertz CT molecular complexity index is 701. The first-order valence-corrected chi connectivity index (χ1v) is 7.56. The van der Waals surface area contributed by atoms with Gasteiger partial charge >= 0.3 is 6.18 Å². The molecule has 0 atom stereocenters. The van der Waals surface area contributed by atoms with E-state index in [9.17, 15) is 13.2 Å². The van der Waals surface area contributed by atoms with Gasteiger partial charge in [-0.3, -0.25) is 9.67 Å². The second kappa shape index (κ2) is 10.2. The number of ether oxygens (including phenoxy) is 1. The summed E-state index contributed by atoms with van der Waals surface area (Å²) in [5, 5.41) is 10.4. The number of rotatable bonds is 6. The molecule has 26 heavy (non-hydrogen) atoms. The van der Waals surface area contributed by atoms with Gasteiger partial charge in [-0.15, -0.1) is 24.0 Å². The van der Waals surface area contributed by atoms with Crippen LogP contribution in [0.1, 0.15) is 11.1 Å². The molecule has 0 aliphatic carbocycles. The van der Waals surface area contributed by atoms with Gasteiger partial charge in [0.15, 0.2) is 12.6 Å². The van der Waals surface area contributed by atoms with Gasteiger partial charge < -0.3 is 15.4 Å². The smallest absolute Gasteiger partial charge is 0.422 e. The minimum Gasteiger partial charge on any atom is -0.484 e. The van der Waals surface area contributed by atoms with Crippen LogP contribution < -0.4 is 15.4 Å². The van der Waals surface area contributed by atoms with Gasteiger partial charge in [-0.25, -0.2) is 0 Å². The fourth-order valence-corrected chi connectivity index (χ4v) is 2.02. The summed E-state index contributed by atoms with van der Waals surface area (Å²) in [6.07, 6.45) is -0.674. The number of aryl methyl sites for hydroxylation is 1. The molecule has 0 aliphatic rings. The summed E-state index contributed by atoms with van der Waals surface area (Å²) >= 11 is 0. The molecule has 1 aromatic heterocycles. The molecule has 0 amide bonds. The van der Waals surface area contributed by atoms with Crippen LogP contribution >= 0.6 is 24.0 Å². The van der Waals surface area contributed by atoms with Crippen LogP contribution in [0.2, 0.25) is 0 Å². The van der Waals surface area contributed by atoms with Crippen LogP contribution in [0.5, 0.6) is 5.75 Å². The molecular formula is C16H21F3IN5O. The molecule has 0 saturated heterocycles. The topological polar surface area (TPSA) is 63.5 Å². The molecule has 0 aliphatic heterocycles. The average molecular weight is 483 g/mol. The maximum atomic E-state index is 12.1. The van der Waals surface area contributed by atoms with Gasteiger partial charge in [0.1, 0.15) is 5.75 Å². The molecule has 0 spiro atoms. The number of alkyl halides is 3. The lowest BCUT2D eigenvalue weighted by Crippen LogP contribution is -2.36. The predicted molar refractivity (Wildman–Crippen MR) is 104 cm³/mol. The van der Waals surface area contributed by atoms with E-state index in [1.807, 2.05) is 13.2 Å². The molecule has 6 nitrogen and oxygen atoms in total. The number of halogens is 4. The maximum Gasteiger partial charge on any atom is 0.422 e. The summed E-state index contributed by atoms with van der Waals surface area (Å²) < 4.78 is 42.7. The first-order chi connectivity index (χ1) is 11.9. The van der Waals surface area contributed by atoms with E-state index in [-0.39, 0.29) is 29.7 Å². The van der Waals surface area contributed by atoms with Crippen molar-refractivity contribution < 1.29 is 17.9 Å². The third kappa shape index (κ3) is 7.93. The SMILES string of the molecule is CN=C(NCc1ccc(OCC(F)(F)F)cc1)NCc1cnn(C)c1.I. The van der Waals surface area contributed by atoms with Gasteiger partial charge in [-0.1, -0.05) is 12.1 Å². The van der Waals surface area contributed by atoms with Crippen molar-refractivity contribution in [3.8, 4) is 5.75 Å². The Morgan fingerprint density at radius 1 is 1.15 bits per heavy atom. The molecule has 2 N–H and O–H groups in total. The van der Waals surface area contributed by atoms with Crippen molar-refractivity contribution in [2.45, 2.75) is 19.3 Å². The van der Waals surface area contributed by atoms with E-state index in [0.29, 0.717) is 19.0 Å². The highest BCUT2D eigenvalue weighted by atomic mass is 127. The largest absolute Gasteiger partial charge is 0.484 e. The van der Waals surface area contributed by atoms with E-state index in [1.54, 1.807) is 30.1 Å². The van der Waals surface area contributed by atoms with Crippen molar-refractivity contribution in [3.05, 3.63) is 47.8 Å². The Kier molecular flexibility index (Phi) is 8.69. The lowest BCUT2D eigenvalue weighted by atomic mass is 10.2. The lowest BCUT2D eigenvalue weighted by molar-refractivity contribution is -0.153.